The summed E-state index contributed by atoms with van der Waals surface area (Å²) in [5, 5.41) is 3.72. The van der Waals surface area contributed by atoms with E-state index in [1.807, 2.05) is 41.3 Å². The van der Waals surface area contributed by atoms with Gasteiger partial charge in [0.25, 0.3) is 5.91 Å². The van der Waals surface area contributed by atoms with Gasteiger partial charge in [-0.15, -0.1) is 0 Å². The van der Waals surface area contributed by atoms with Crippen molar-refractivity contribution < 1.29 is 9.53 Å². The van der Waals surface area contributed by atoms with Gasteiger partial charge in [0.05, 0.1) is 12.2 Å². The van der Waals surface area contributed by atoms with Gasteiger partial charge in [-0.3, -0.25) is 4.79 Å². The first kappa shape index (κ1) is 22.2. The predicted molar refractivity (Wildman–Crippen MR) is 124 cm³/mol. The summed E-state index contributed by atoms with van der Waals surface area (Å²) in [5.41, 5.74) is 2.22. The zero-order valence-electron chi connectivity index (χ0n) is 18.7. The van der Waals surface area contributed by atoms with Crippen LogP contribution in [0.4, 0.5) is 5.69 Å². The molecule has 0 fully saturated rings. The molecule has 1 atom stereocenters. The van der Waals surface area contributed by atoms with Gasteiger partial charge in [-0.2, -0.15) is 0 Å². The Morgan fingerprint density at radius 3 is 2.33 bits per heavy atom. The van der Waals surface area contributed by atoms with Gasteiger partial charge in [-0.05, 0) is 49.1 Å². The third-order valence-electron chi connectivity index (χ3n) is 6.05. The number of carbonyl (C=O) groups excluding carboxylic acids is 1. The van der Waals surface area contributed by atoms with Crippen molar-refractivity contribution in [1.82, 2.24) is 4.90 Å². The molecular weight excluding hydrogens is 372 g/mol. The van der Waals surface area contributed by atoms with Crippen LogP contribution >= 0.6 is 0 Å². The summed E-state index contributed by atoms with van der Waals surface area (Å²) >= 11 is 0. The second kappa shape index (κ2) is 10.5. The van der Waals surface area contributed by atoms with E-state index in [1.165, 1.54) is 19.3 Å². The van der Waals surface area contributed by atoms with Crippen molar-refractivity contribution >= 4 is 11.6 Å². The SMILES string of the molecule is CCCCCCOc1ccc(C2(CC)Nc3ccccc3C(=O)N2CCCC)cc1. The van der Waals surface area contributed by atoms with Crippen molar-refractivity contribution in [1.29, 1.82) is 0 Å². The Morgan fingerprint density at radius 2 is 1.63 bits per heavy atom. The average molecular weight is 409 g/mol. The smallest absolute Gasteiger partial charge is 0.258 e. The van der Waals surface area contributed by atoms with Gasteiger partial charge in [0.15, 0.2) is 0 Å². The lowest BCUT2D eigenvalue weighted by atomic mass is 9.89. The maximum Gasteiger partial charge on any atom is 0.258 e. The Morgan fingerprint density at radius 1 is 0.900 bits per heavy atom. The van der Waals surface area contributed by atoms with Gasteiger partial charge in [0.2, 0.25) is 0 Å². The van der Waals surface area contributed by atoms with Crippen LogP contribution in [0.1, 0.15) is 81.6 Å². The Labute approximate surface area is 181 Å². The molecule has 3 rings (SSSR count). The van der Waals surface area contributed by atoms with Gasteiger partial charge >= 0.3 is 0 Å². The summed E-state index contributed by atoms with van der Waals surface area (Å²) in [4.78, 5) is 15.5. The molecule has 1 amide bonds. The minimum atomic E-state index is -0.541. The standard InChI is InChI=1S/C26H36N2O2/c1-4-7-9-12-20-30-22-17-15-21(16-18-22)26(6-3)27-24-14-11-10-13-23(24)25(29)28(26)19-8-5-2/h10-11,13-18,27H,4-9,12,19-20H2,1-3H3. The van der Waals surface area contributed by atoms with E-state index in [0.717, 1.165) is 61.4 Å². The van der Waals surface area contributed by atoms with Gasteiger partial charge in [-0.1, -0.05) is 70.7 Å². The molecule has 1 unspecified atom stereocenters. The predicted octanol–water partition coefficient (Wildman–Crippen LogP) is 6.58. The average Bonchev–Trinajstić information content (AvgIpc) is 2.78. The van der Waals surface area contributed by atoms with Crippen molar-refractivity contribution in [2.75, 3.05) is 18.5 Å². The summed E-state index contributed by atoms with van der Waals surface area (Å²) < 4.78 is 5.93. The number of nitrogens with one attached hydrogen (secondary N) is 1. The largest absolute Gasteiger partial charge is 0.494 e. The van der Waals surface area contributed by atoms with E-state index < -0.39 is 5.66 Å². The number of carbonyl (C=O) groups is 1. The second-order valence-electron chi connectivity index (χ2n) is 8.13. The fraction of sp³-hybridized carbons (Fsp3) is 0.500. The molecule has 0 aliphatic carbocycles. The van der Waals surface area contributed by atoms with Crippen molar-refractivity contribution in [3.8, 4) is 5.75 Å². The fourth-order valence-electron chi connectivity index (χ4n) is 4.25. The molecule has 2 aromatic rings. The topological polar surface area (TPSA) is 41.6 Å². The summed E-state index contributed by atoms with van der Waals surface area (Å²) in [7, 11) is 0. The monoisotopic (exact) mass is 408 g/mol. The van der Waals surface area contributed by atoms with Crippen LogP contribution in [0, 0.1) is 0 Å². The summed E-state index contributed by atoms with van der Waals surface area (Å²) in [6.07, 6.45) is 7.62. The maximum atomic E-state index is 13.4. The third-order valence-corrected chi connectivity index (χ3v) is 6.05. The Kier molecular flexibility index (Phi) is 7.78. The third kappa shape index (κ3) is 4.63. The lowest BCUT2D eigenvalue weighted by Gasteiger charge is -2.48. The van der Waals surface area contributed by atoms with E-state index in [-0.39, 0.29) is 5.91 Å². The number of hydrogen-bond acceptors (Lipinski definition) is 3. The van der Waals surface area contributed by atoms with Crippen molar-refractivity contribution in [3.05, 3.63) is 59.7 Å². The van der Waals surface area contributed by atoms with Crippen LogP contribution in [0.5, 0.6) is 5.75 Å². The number of para-hydroxylation sites is 1. The van der Waals surface area contributed by atoms with Crippen LogP contribution < -0.4 is 10.1 Å². The molecule has 4 heteroatoms. The summed E-state index contributed by atoms with van der Waals surface area (Å²) in [5.74, 6) is 1.00. The van der Waals surface area contributed by atoms with E-state index in [0.29, 0.717) is 0 Å². The maximum absolute atomic E-state index is 13.4. The normalized spacial score (nSPS) is 18.1. The summed E-state index contributed by atoms with van der Waals surface area (Å²) in [6.45, 7) is 8.02. The van der Waals surface area contributed by atoms with Crippen LogP contribution in [0.3, 0.4) is 0 Å². The molecule has 1 heterocycles. The first-order valence-corrected chi connectivity index (χ1v) is 11.6. The lowest BCUT2D eigenvalue weighted by molar-refractivity contribution is 0.0478. The van der Waals surface area contributed by atoms with E-state index in [9.17, 15) is 4.79 Å². The van der Waals surface area contributed by atoms with Crippen LogP contribution in [0.2, 0.25) is 0 Å². The van der Waals surface area contributed by atoms with Crippen LogP contribution in [0.25, 0.3) is 0 Å². The number of anilines is 1. The molecule has 30 heavy (non-hydrogen) atoms. The fourth-order valence-corrected chi connectivity index (χ4v) is 4.25. The van der Waals surface area contributed by atoms with Crippen molar-refractivity contribution in [3.63, 3.8) is 0 Å². The number of hydrogen-bond donors (Lipinski definition) is 1. The zero-order valence-corrected chi connectivity index (χ0v) is 18.7. The molecule has 1 N–H and O–H groups in total. The number of amides is 1. The molecule has 162 valence electrons. The number of ether oxygens (including phenoxy) is 1. The van der Waals surface area contributed by atoms with E-state index in [4.69, 9.17) is 4.74 Å². The first-order chi connectivity index (χ1) is 14.7. The minimum absolute atomic E-state index is 0.107. The quantitative estimate of drug-likeness (QED) is 0.427. The van der Waals surface area contributed by atoms with Crippen molar-refractivity contribution in [2.45, 2.75) is 71.4 Å². The summed E-state index contributed by atoms with van der Waals surface area (Å²) in [6, 6.07) is 16.1. The number of benzene rings is 2. The zero-order chi connectivity index (χ0) is 21.4. The lowest BCUT2D eigenvalue weighted by Crippen LogP contribution is -2.57. The number of unbranched alkanes of at least 4 members (excludes halogenated alkanes) is 4. The molecule has 0 bridgehead atoms. The molecule has 1 aliphatic heterocycles. The van der Waals surface area contributed by atoms with E-state index in [2.05, 4.69) is 38.2 Å². The van der Waals surface area contributed by atoms with Gasteiger partial charge < -0.3 is 15.0 Å². The Hall–Kier alpha value is -2.49. The van der Waals surface area contributed by atoms with Gasteiger partial charge in [0, 0.05) is 12.2 Å². The molecule has 0 spiro atoms. The van der Waals surface area contributed by atoms with Crippen molar-refractivity contribution in [2.24, 2.45) is 0 Å². The highest BCUT2D eigenvalue weighted by Crippen LogP contribution is 2.40. The molecular formula is C26H36N2O2. The highest BCUT2D eigenvalue weighted by Gasteiger charge is 2.44. The molecule has 0 radical (unpaired) electrons. The first-order valence-electron chi connectivity index (χ1n) is 11.6. The van der Waals surface area contributed by atoms with Crippen LogP contribution in [0.15, 0.2) is 48.5 Å². The molecule has 2 aromatic carbocycles. The molecule has 0 saturated carbocycles. The number of rotatable bonds is 11. The van der Waals surface area contributed by atoms with Gasteiger partial charge in [0.1, 0.15) is 11.4 Å². The van der Waals surface area contributed by atoms with Crippen LogP contribution in [-0.4, -0.2) is 24.0 Å². The second-order valence-corrected chi connectivity index (χ2v) is 8.13. The number of fused-ring (bicyclic) bond motifs is 1. The highest BCUT2D eigenvalue weighted by molar-refractivity contribution is 6.02. The number of nitrogens with zero attached hydrogens (tertiary/aromatic N) is 1. The Balaban J connectivity index is 1.85. The molecule has 0 aromatic heterocycles. The molecule has 0 saturated heterocycles. The van der Waals surface area contributed by atoms with Crippen LogP contribution in [-0.2, 0) is 5.66 Å². The van der Waals surface area contributed by atoms with Gasteiger partial charge in [-0.25, -0.2) is 0 Å². The van der Waals surface area contributed by atoms with E-state index in [1.54, 1.807) is 0 Å². The Bertz CT molecular complexity index is 818. The molecule has 4 nitrogen and oxygen atoms in total. The molecule has 1 aliphatic rings. The minimum Gasteiger partial charge on any atom is -0.494 e. The highest BCUT2D eigenvalue weighted by atomic mass is 16.5. The van der Waals surface area contributed by atoms with E-state index >= 15 is 0 Å².